The Hall–Kier alpha value is -1.02. The van der Waals surface area contributed by atoms with Gasteiger partial charge in [0.2, 0.25) is 0 Å². The predicted octanol–water partition coefficient (Wildman–Crippen LogP) is 3.08. The second kappa shape index (κ2) is 4.02. The molecule has 0 radical (unpaired) electrons. The molecule has 1 aromatic carbocycles. The van der Waals surface area contributed by atoms with Crippen molar-refractivity contribution < 1.29 is 9.84 Å². The first-order valence-corrected chi connectivity index (χ1v) is 6.51. The number of fused-ring (bicyclic) bond motifs is 1. The van der Waals surface area contributed by atoms with Crippen LogP contribution in [-0.4, -0.2) is 12.2 Å². The lowest BCUT2D eigenvalue weighted by Gasteiger charge is -2.22. The van der Waals surface area contributed by atoms with E-state index in [4.69, 9.17) is 4.74 Å². The molecule has 92 valence electrons. The number of hydrogen-bond donors (Lipinski definition) is 1. The number of aliphatic hydroxyl groups is 1. The van der Waals surface area contributed by atoms with Gasteiger partial charge in [0.15, 0.2) is 0 Å². The molecule has 0 spiro atoms. The number of hydrogen-bond acceptors (Lipinski definition) is 2. The van der Waals surface area contributed by atoms with E-state index in [1.54, 1.807) is 7.11 Å². The molecule has 0 aliphatic heterocycles. The van der Waals surface area contributed by atoms with Gasteiger partial charge in [-0.25, -0.2) is 0 Å². The molecule has 0 amide bonds. The SMILES string of the molecule is COc1ccc(C)cc1C(O)C1CC2CC2C1. The topological polar surface area (TPSA) is 29.5 Å². The second-order valence-corrected chi connectivity index (χ2v) is 5.68. The van der Waals surface area contributed by atoms with E-state index in [9.17, 15) is 5.11 Å². The maximum absolute atomic E-state index is 10.5. The highest BCUT2D eigenvalue weighted by Crippen LogP contribution is 2.57. The second-order valence-electron chi connectivity index (χ2n) is 5.68. The minimum Gasteiger partial charge on any atom is -0.496 e. The van der Waals surface area contributed by atoms with Crippen LogP contribution in [0, 0.1) is 24.7 Å². The number of benzene rings is 1. The van der Waals surface area contributed by atoms with Crippen LogP contribution in [-0.2, 0) is 0 Å². The molecule has 1 N–H and O–H groups in total. The first-order valence-electron chi connectivity index (χ1n) is 6.51. The van der Waals surface area contributed by atoms with Crippen molar-refractivity contribution in [2.75, 3.05) is 7.11 Å². The maximum Gasteiger partial charge on any atom is 0.124 e. The first-order chi connectivity index (χ1) is 8.19. The predicted molar refractivity (Wildman–Crippen MR) is 67.0 cm³/mol. The van der Waals surface area contributed by atoms with Gasteiger partial charge in [0.1, 0.15) is 5.75 Å². The molecular weight excluding hydrogens is 212 g/mol. The summed E-state index contributed by atoms with van der Waals surface area (Å²) < 4.78 is 5.36. The van der Waals surface area contributed by atoms with E-state index in [1.807, 2.05) is 12.1 Å². The van der Waals surface area contributed by atoms with Crippen LogP contribution in [0.2, 0.25) is 0 Å². The van der Waals surface area contributed by atoms with Crippen LogP contribution in [0.5, 0.6) is 5.75 Å². The Labute approximate surface area is 103 Å². The van der Waals surface area contributed by atoms with Crippen LogP contribution >= 0.6 is 0 Å². The van der Waals surface area contributed by atoms with E-state index in [-0.39, 0.29) is 6.10 Å². The fraction of sp³-hybridized carbons (Fsp3) is 0.600. The summed E-state index contributed by atoms with van der Waals surface area (Å²) in [5, 5.41) is 10.5. The monoisotopic (exact) mass is 232 g/mol. The lowest BCUT2D eigenvalue weighted by molar-refractivity contribution is 0.101. The molecule has 0 saturated heterocycles. The van der Waals surface area contributed by atoms with E-state index < -0.39 is 0 Å². The lowest BCUT2D eigenvalue weighted by atomic mass is 9.90. The van der Waals surface area contributed by atoms with Crippen LogP contribution in [0.3, 0.4) is 0 Å². The van der Waals surface area contributed by atoms with Crippen LogP contribution in [0.4, 0.5) is 0 Å². The van der Waals surface area contributed by atoms with Gasteiger partial charge in [0.25, 0.3) is 0 Å². The highest BCUT2D eigenvalue weighted by molar-refractivity contribution is 5.39. The molecule has 3 rings (SSSR count). The molecule has 0 aromatic heterocycles. The third-order valence-electron chi connectivity index (χ3n) is 4.43. The van der Waals surface area contributed by atoms with Gasteiger partial charge >= 0.3 is 0 Å². The largest absolute Gasteiger partial charge is 0.496 e. The Morgan fingerprint density at radius 1 is 1.24 bits per heavy atom. The van der Waals surface area contributed by atoms with Crippen molar-refractivity contribution in [3.63, 3.8) is 0 Å². The molecule has 0 heterocycles. The van der Waals surface area contributed by atoms with Crippen LogP contribution in [0.15, 0.2) is 18.2 Å². The molecule has 17 heavy (non-hydrogen) atoms. The normalized spacial score (nSPS) is 32.1. The molecular formula is C15H20O2. The average Bonchev–Trinajstić information content (AvgIpc) is 2.95. The Morgan fingerprint density at radius 2 is 1.94 bits per heavy atom. The summed E-state index contributed by atoms with van der Waals surface area (Å²) in [6, 6.07) is 6.05. The van der Waals surface area contributed by atoms with Crippen molar-refractivity contribution >= 4 is 0 Å². The van der Waals surface area contributed by atoms with Crippen LogP contribution in [0.25, 0.3) is 0 Å². The average molecular weight is 232 g/mol. The molecule has 2 saturated carbocycles. The van der Waals surface area contributed by atoms with Crippen molar-refractivity contribution in [1.29, 1.82) is 0 Å². The maximum atomic E-state index is 10.5. The van der Waals surface area contributed by atoms with Gasteiger partial charge in [-0.1, -0.05) is 11.6 Å². The van der Waals surface area contributed by atoms with Gasteiger partial charge in [0, 0.05) is 5.56 Å². The fourth-order valence-electron chi connectivity index (χ4n) is 3.36. The Kier molecular flexibility index (Phi) is 2.62. The van der Waals surface area contributed by atoms with Crippen molar-refractivity contribution in [2.24, 2.45) is 17.8 Å². The summed E-state index contributed by atoms with van der Waals surface area (Å²) in [5.41, 5.74) is 2.15. The number of aryl methyl sites for hydroxylation is 1. The Morgan fingerprint density at radius 3 is 2.59 bits per heavy atom. The van der Waals surface area contributed by atoms with Gasteiger partial charge in [-0.05, 0) is 56.1 Å². The molecule has 0 bridgehead atoms. The molecule has 2 aliphatic carbocycles. The molecule has 2 heteroatoms. The zero-order chi connectivity index (χ0) is 12.0. The number of methoxy groups -OCH3 is 1. The number of rotatable bonds is 3. The van der Waals surface area contributed by atoms with Gasteiger partial charge in [-0.15, -0.1) is 0 Å². The smallest absolute Gasteiger partial charge is 0.124 e. The van der Waals surface area contributed by atoms with Gasteiger partial charge in [-0.3, -0.25) is 0 Å². The van der Waals surface area contributed by atoms with Gasteiger partial charge in [0.05, 0.1) is 13.2 Å². The van der Waals surface area contributed by atoms with Crippen molar-refractivity contribution in [3.8, 4) is 5.75 Å². The first kappa shape index (κ1) is 11.1. The zero-order valence-electron chi connectivity index (χ0n) is 10.5. The summed E-state index contributed by atoms with van der Waals surface area (Å²) >= 11 is 0. The quantitative estimate of drug-likeness (QED) is 0.867. The van der Waals surface area contributed by atoms with Crippen molar-refractivity contribution in [1.82, 2.24) is 0 Å². The minimum absolute atomic E-state index is 0.349. The van der Waals surface area contributed by atoms with E-state index >= 15 is 0 Å². The van der Waals surface area contributed by atoms with E-state index in [1.165, 1.54) is 24.8 Å². The Bertz CT molecular complexity index is 417. The highest BCUT2D eigenvalue weighted by Gasteiger charge is 2.48. The molecule has 3 atom stereocenters. The standard InChI is InChI=1S/C15H20O2/c1-9-3-4-14(17-2)13(5-9)15(16)12-7-10-6-11(10)8-12/h3-5,10-12,15-16H,6-8H2,1-2H3. The van der Waals surface area contributed by atoms with Crippen molar-refractivity contribution in [3.05, 3.63) is 29.3 Å². The third-order valence-corrected chi connectivity index (χ3v) is 4.43. The lowest BCUT2D eigenvalue weighted by Crippen LogP contribution is -2.12. The molecule has 3 unspecified atom stereocenters. The summed E-state index contributed by atoms with van der Waals surface area (Å²) in [5.74, 6) is 3.08. The molecule has 2 nitrogen and oxygen atoms in total. The minimum atomic E-state index is -0.349. The van der Waals surface area contributed by atoms with E-state index in [0.29, 0.717) is 5.92 Å². The summed E-state index contributed by atoms with van der Waals surface area (Å²) in [7, 11) is 1.67. The van der Waals surface area contributed by atoms with E-state index in [0.717, 1.165) is 23.1 Å². The Balaban J connectivity index is 1.84. The number of aliphatic hydroxyl groups excluding tert-OH is 1. The fourth-order valence-corrected chi connectivity index (χ4v) is 3.36. The van der Waals surface area contributed by atoms with Crippen LogP contribution < -0.4 is 4.74 Å². The van der Waals surface area contributed by atoms with Crippen molar-refractivity contribution in [2.45, 2.75) is 32.3 Å². The summed E-state index contributed by atoms with van der Waals surface area (Å²) in [6.45, 7) is 2.06. The number of ether oxygens (including phenoxy) is 1. The van der Waals surface area contributed by atoms with Gasteiger partial charge in [-0.2, -0.15) is 0 Å². The molecule has 2 aliphatic rings. The highest BCUT2D eigenvalue weighted by atomic mass is 16.5. The third kappa shape index (κ3) is 1.95. The zero-order valence-corrected chi connectivity index (χ0v) is 10.5. The molecule has 1 aromatic rings. The van der Waals surface area contributed by atoms with Gasteiger partial charge < -0.3 is 9.84 Å². The van der Waals surface area contributed by atoms with Crippen LogP contribution in [0.1, 0.15) is 36.5 Å². The molecule has 2 fully saturated rings. The summed E-state index contributed by atoms with van der Waals surface area (Å²) in [6.07, 6.45) is 3.44. The van der Waals surface area contributed by atoms with E-state index in [2.05, 4.69) is 13.0 Å². The summed E-state index contributed by atoms with van der Waals surface area (Å²) in [4.78, 5) is 0.